The molecule has 0 aromatic rings. The van der Waals surface area contributed by atoms with Crippen LogP contribution in [-0.2, 0) is 20.9 Å². The predicted octanol–water partition coefficient (Wildman–Crippen LogP) is 6.46. The summed E-state index contributed by atoms with van der Waals surface area (Å²) in [4.78, 5) is 0. The van der Waals surface area contributed by atoms with Gasteiger partial charge in [0.05, 0.1) is 0 Å². The van der Waals surface area contributed by atoms with E-state index in [2.05, 4.69) is 52.9 Å². The molecule has 0 amide bonds. The molecule has 22 heavy (non-hydrogen) atoms. The summed E-state index contributed by atoms with van der Waals surface area (Å²) in [6.45, 7) is 14.6. The maximum Gasteiger partial charge on any atom is -0.147 e. The summed E-state index contributed by atoms with van der Waals surface area (Å²) >= 11 is -1.52. The first-order chi connectivity index (χ1) is 9.47. The van der Waals surface area contributed by atoms with Crippen molar-refractivity contribution >= 4 is 30.7 Å². The van der Waals surface area contributed by atoms with Gasteiger partial charge in [-0.05, 0) is 0 Å². The van der Waals surface area contributed by atoms with E-state index in [1.807, 2.05) is 6.56 Å². The van der Waals surface area contributed by atoms with Gasteiger partial charge < -0.3 is 0 Å². The van der Waals surface area contributed by atoms with Crippen LogP contribution >= 0.6 is 24.8 Å². The molecule has 0 aromatic carbocycles. The molecule has 0 aromatic heterocycles. The number of allylic oxidation sites excluding steroid dienone is 8. The van der Waals surface area contributed by atoms with Crippen LogP contribution < -0.4 is 0 Å². The molecule has 0 aliphatic heterocycles. The van der Waals surface area contributed by atoms with Gasteiger partial charge in [-0.2, -0.15) is 0 Å². The Hall–Kier alpha value is 0.640. The van der Waals surface area contributed by atoms with Gasteiger partial charge in [-0.3, -0.25) is 0 Å². The van der Waals surface area contributed by atoms with Gasteiger partial charge in [-0.25, -0.2) is 0 Å². The number of hydrogen-bond acceptors (Lipinski definition) is 0. The summed E-state index contributed by atoms with van der Waals surface area (Å²) in [5, 5.41) is 0. The van der Waals surface area contributed by atoms with Crippen molar-refractivity contribution in [3.8, 4) is 0 Å². The van der Waals surface area contributed by atoms with Crippen molar-refractivity contribution in [2.45, 2.75) is 66.5 Å². The zero-order valence-electron chi connectivity index (χ0n) is 14.9. The smallest absolute Gasteiger partial charge is 0.147 e. The van der Waals surface area contributed by atoms with Crippen molar-refractivity contribution in [3.63, 3.8) is 0 Å². The number of halogens is 2. The second-order valence-electron chi connectivity index (χ2n) is 6.56. The summed E-state index contributed by atoms with van der Waals surface area (Å²) in [6, 6.07) is 0. The van der Waals surface area contributed by atoms with Crippen molar-refractivity contribution < 1.29 is 20.9 Å². The zero-order chi connectivity index (χ0) is 14.9. The maximum absolute atomic E-state index is 2.61. The average Bonchev–Trinajstić information content (AvgIpc) is 2.94. The molecule has 0 atom stereocenters. The van der Waals surface area contributed by atoms with Gasteiger partial charge in [-0.15, -0.1) is 24.8 Å². The van der Waals surface area contributed by atoms with Crippen molar-refractivity contribution in [2.24, 2.45) is 0 Å². The van der Waals surface area contributed by atoms with E-state index in [1.54, 1.807) is 22.3 Å². The van der Waals surface area contributed by atoms with Crippen LogP contribution in [0.25, 0.3) is 0 Å². The first kappa shape index (κ1) is 22.6. The fraction of sp³-hybridized carbons (Fsp3) is 0.556. The van der Waals surface area contributed by atoms with E-state index in [0.29, 0.717) is 0 Å². The van der Waals surface area contributed by atoms with E-state index in [9.17, 15) is 0 Å². The van der Waals surface area contributed by atoms with Gasteiger partial charge in [0.1, 0.15) is 0 Å². The second kappa shape index (κ2) is 9.82. The molecule has 4 heteroatoms. The average molecular weight is 438 g/mol. The Morgan fingerprint density at radius 1 is 0.864 bits per heavy atom. The molecule has 0 nitrogen and oxygen atoms in total. The van der Waals surface area contributed by atoms with Crippen LogP contribution in [0, 0.1) is 0 Å². The van der Waals surface area contributed by atoms with Crippen molar-refractivity contribution in [1.29, 1.82) is 0 Å². The molecule has 0 radical (unpaired) electrons. The van der Waals surface area contributed by atoms with Crippen LogP contribution in [0.3, 0.4) is 0 Å². The number of hydrogen-bond donors (Lipinski definition) is 0. The van der Waals surface area contributed by atoms with E-state index < -0.39 is 26.8 Å². The summed E-state index contributed by atoms with van der Waals surface area (Å²) in [5.41, 5.74) is 6.68. The van der Waals surface area contributed by atoms with Gasteiger partial charge in [-0.1, -0.05) is 0 Å². The largest absolute Gasteiger partial charge is 0.147 e. The molecule has 0 bridgehead atoms. The van der Waals surface area contributed by atoms with E-state index in [0.717, 1.165) is 0 Å². The van der Waals surface area contributed by atoms with Gasteiger partial charge >= 0.3 is 134 Å². The molecule has 2 aliphatic carbocycles. The van der Waals surface area contributed by atoms with E-state index >= 15 is 0 Å². The van der Waals surface area contributed by atoms with Gasteiger partial charge in [0, 0.05) is 0 Å². The van der Waals surface area contributed by atoms with Crippen LogP contribution in [0.15, 0.2) is 41.0 Å². The minimum absolute atomic E-state index is 0. The Morgan fingerprint density at radius 3 is 1.45 bits per heavy atom. The van der Waals surface area contributed by atoms with Crippen LogP contribution in [-0.4, -0.2) is 5.92 Å². The first-order valence-electron chi connectivity index (χ1n) is 8.13. The summed E-state index contributed by atoms with van der Waals surface area (Å²) in [5.74, 6) is -0.531. The summed E-state index contributed by atoms with van der Waals surface area (Å²) in [6.07, 6.45) is 10.2. The van der Waals surface area contributed by atoms with E-state index in [-0.39, 0.29) is 24.8 Å². The Bertz CT molecular complexity index is 483. The second-order valence-corrected chi connectivity index (χ2v) is 25.8. The molecule has 125 valence electrons. The molecule has 2 aliphatic rings. The Labute approximate surface area is 158 Å². The molecule has 0 fully saturated rings. The Morgan fingerprint density at radius 2 is 1.23 bits per heavy atom. The molecule has 2 rings (SSSR count). The minimum Gasteiger partial charge on any atom is -0.147 e. The van der Waals surface area contributed by atoms with Crippen LogP contribution in [0.2, 0.25) is 13.1 Å². The zero-order valence-corrected chi connectivity index (χ0v) is 20.1. The molecule has 0 unspecified atom stereocenters. The standard InChI is InChI=1S/2C8H11.C2H7Si.2ClH.Zr/c2*1-3-8-5-4-7(2)6-8;1-3-2;;;/h2*6H,3,5H2,1-2H3;3H,1-2H3;2*1H;. The van der Waals surface area contributed by atoms with Gasteiger partial charge in [0.25, 0.3) is 0 Å². The molecule has 0 N–H and O–H groups in total. The third-order valence-corrected chi connectivity index (χ3v) is 24.5. The van der Waals surface area contributed by atoms with Crippen LogP contribution in [0.4, 0.5) is 0 Å². The normalized spacial score (nSPS) is 17.4. The SMILES string of the molecule is CCC1=CC(C)=[C]([Zr]([C]2=C(C)C=C(CC)C2)[SiH](C)C)C1.Cl.Cl. The van der Waals surface area contributed by atoms with Crippen molar-refractivity contribution in [2.75, 3.05) is 0 Å². The van der Waals surface area contributed by atoms with Gasteiger partial charge in [0.2, 0.25) is 0 Å². The van der Waals surface area contributed by atoms with Crippen LogP contribution in [0.5, 0.6) is 0 Å². The molecule has 0 spiro atoms. The Balaban J connectivity index is 0.00000220. The van der Waals surface area contributed by atoms with E-state index in [4.69, 9.17) is 0 Å². The maximum atomic E-state index is 2.61. The molecule has 0 heterocycles. The van der Waals surface area contributed by atoms with Crippen molar-refractivity contribution in [1.82, 2.24) is 0 Å². The summed E-state index contributed by atoms with van der Waals surface area (Å²) in [7, 11) is 0. The molecular weight excluding hydrogens is 406 g/mol. The number of rotatable bonds is 5. The summed E-state index contributed by atoms with van der Waals surface area (Å²) < 4.78 is 3.90. The Kier molecular flexibility index (Phi) is 10.1. The monoisotopic (exact) mass is 435 g/mol. The van der Waals surface area contributed by atoms with Crippen molar-refractivity contribution in [3.05, 3.63) is 41.0 Å². The molecule has 0 saturated heterocycles. The fourth-order valence-corrected chi connectivity index (χ4v) is 24.5. The third-order valence-electron chi connectivity index (χ3n) is 4.74. The third kappa shape index (κ3) is 4.82. The topological polar surface area (TPSA) is 0 Å². The van der Waals surface area contributed by atoms with E-state index in [1.165, 1.54) is 25.7 Å². The minimum atomic E-state index is -1.52. The fourth-order valence-electron chi connectivity index (χ4n) is 3.57. The predicted molar refractivity (Wildman–Crippen MR) is 105 cm³/mol. The molecular formula is C18H31Cl2SiZr. The van der Waals surface area contributed by atoms with Crippen LogP contribution in [0.1, 0.15) is 53.4 Å². The first-order valence-corrected chi connectivity index (χ1v) is 17.7. The molecule has 0 saturated carbocycles. The van der Waals surface area contributed by atoms with Gasteiger partial charge in [0.15, 0.2) is 0 Å². The quantitative estimate of drug-likeness (QED) is 0.433.